The average molecular weight is 727 g/mol. The van der Waals surface area contributed by atoms with Gasteiger partial charge in [0.25, 0.3) is 0 Å². The van der Waals surface area contributed by atoms with Crippen molar-refractivity contribution < 1.29 is 28.8 Å². The summed E-state index contributed by atoms with van der Waals surface area (Å²) in [7, 11) is 6.47. The smallest absolute Gasteiger partial charge is 0.296 e. The standard InChI is InChI=1S/2C14H17BNO2.C13H16BN2O2/c1-9(2)15-11-5-3-10(4-6-11)12-7-8-13(17)16-14(12)18;1-9(2)15-11-5-3-4-10(8-11)12-6-7-13(17)16-14(12)18;1-9(2)14-10-4-3-5-11(8-10)16-7-6-12(17)15-13(16)18/h3-6,9,12H,7-8H2,1-2H3,(H,16,17,18);3-5,8-9,12H,6-7H2,1-2H3,(H,16,17,18);3-5,8-9H,6-7H2,1-2H3,(H,15,17,18). The molecule has 0 aliphatic carbocycles. The summed E-state index contributed by atoms with van der Waals surface area (Å²) in [6.45, 7) is 13.2. The van der Waals surface area contributed by atoms with Crippen molar-refractivity contribution in [3.05, 3.63) is 83.9 Å². The van der Waals surface area contributed by atoms with Crippen molar-refractivity contribution in [2.45, 2.75) is 103 Å². The van der Waals surface area contributed by atoms with Crippen LogP contribution in [0.25, 0.3) is 0 Å². The molecule has 3 aliphatic rings. The van der Waals surface area contributed by atoms with E-state index in [-0.39, 0.29) is 47.4 Å². The van der Waals surface area contributed by atoms with E-state index < -0.39 is 0 Å². The maximum atomic E-state index is 11.8. The highest BCUT2D eigenvalue weighted by Gasteiger charge is 2.29. The maximum Gasteiger partial charge on any atom is 0.328 e. The molecule has 7 amide bonds. The molecule has 0 spiro atoms. The van der Waals surface area contributed by atoms with Gasteiger partial charge in [0.1, 0.15) is 0 Å². The van der Waals surface area contributed by atoms with E-state index in [1.54, 1.807) is 4.90 Å². The monoisotopic (exact) mass is 727 g/mol. The molecular weight excluding hydrogens is 677 g/mol. The lowest BCUT2D eigenvalue weighted by Crippen LogP contribution is -2.49. The molecule has 2 atom stereocenters. The molecule has 6 rings (SSSR count). The number of amides is 7. The number of hydrogen-bond acceptors (Lipinski definition) is 6. The number of nitrogens with one attached hydrogen (secondary N) is 3. The second-order valence-electron chi connectivity index (χ2n) is 14.9. The van der Waals surface area contributed by atoms with Crippen LogP contribution in [0.3, 0.4) is 0 Å². The molecular formula is C41H50B3N4O6. The molecule has 3 aliphatic heterocycles. The topological polar surface area (TPSA) is 142 Å². The molecule has 3 radical (unpaired) electrons. The molecule has 0 aromatic heterocycles. The van der Waals surface area contributed by atoms with Crippen LogP contribution in [0.4, 0.5) is 10.5 Å². The predicted octanol–water partition coefficient (Wildman–Crippen LogP) is 4.02. The first kappa shape index (κ1) is 41.8. The van der Waals surface area contributed by atoms with Gasteiger partial charge in [-0.2, -0.15) is 0 Å². The number of urea groups is 1. The third-order valence-corrected chi connectivity index (χ3v) is 8.94. The molecule has 3 aromatic rings. The van der Waals surface area contributed by atoms with E-state index in [2.05, 4.69) is 79.3 Å². The molecule has 3 fully saturated rings. The molecule has 2 unspecified atom stereocenters. The summed E-state index contributed by atoms with van der Waals surface area (Å²) in [4.78, 5) is 70.2. The summed E-state index contributed by atoms with van der Waals surface area (Å²) in [6, 6.07) is 23.5. The highest BCUT2D eigenvalue weighted by molar-refractivity contribution is 6.55. The molecule has 3 aromatic carbocycles. The first-order valence-electron chi connectivity index (χ1n) is 18.8. The summed E-state index contributed by atoms with van der Waals surface area (Å²) >= 11 is 0. The largest absolute Gasteiger partial charge is 0.328 e. The van der Waals surface area contributed by atoms with Gasteiger partial charge in [0.2, 0.25) is 29.5 Å². The molecule has 13 heteroatoms. The Hall–Kier alpha value is -4.93. The summed E-state index contributed by atoms with van der Waals surface area (Å²) < 4.78 is 0. The van der Waals surface area contributed by atoms with Gasteiger partial charge < -0.3 is 0 Å². The third-order valence-electron chi connectivity index (χ3n) is 8.94. The number of nitrogens with zero attached hydrogens (tertiary/aromatic N) is 1. The van der Waals surface area contributed by atoms with E-state index in [0.717, 1.165) is 27.7 Å². The molecule has 279 valence electrons. The Morgan fingerprint density at radius 2 is 1.02 bits per heavy atom. The van der Waals surface area contributed by atoms with Gasteiger partial charge in [-0.25, -0.2) is 4.79 Å². The molecule has 10 nitrogen and oxygen atoms in total. The predicted molar refractivity (Wildman–Crippen MR) is 217 cm³/mol. The van der Waals surface area contributed by atoms with Crippen LogP contribution in [-0.2, 0) is 24.0 Å². The number of carbonyl (C=O) groups is 6. The van der Waals surface area contributed by atoms with E-state index in [1.165, 1.54) is 5.46 Å². The normalized spacial score (nSPS) is 18.5. The zero-order chi connectivity index (χ0) is 39.4. The Labute approximate surface area is 321 Å². The Balaban J connectivity index is 0.000000180. The van der Waals surface area contributed by atoms with Crippen molar-refractivity contribution in [3.63, 3.8) is 0 Å². The van der Waals surface area contributed by atoms with Gasteiger partial charge in [0.15, 0.2) is 21.8 Å². The molecule has 54 heavy (non-hydrogen) atoms. The third kappa shape index (κ3) is 12.9. The van der Waals surface area contributed by atoms with Crippen molar-refractivity contribution in [1.82, 2.24) is 16.0 Å². The number of piperidine rings is 2. The fourth-order valence-electron chi connectivity index (χ4n) is 6.50. The summed E-state index contributed by atoms with van der Waals surface area (Å²) in [5.41, 5.74) is 6.20. The van der Waals surface area contributed by atoms with Gasteiger partial charge in [0, 0.05) is 31.5 Å². The lowest BCUT2D eigenvalue weighted by atomic mass is 9.60. The first-order valence-corrected chi connectivity index (χ1v) is 18.8. The van der Waals surface area contributed by atoms with Crippen LogP contribution >= 0.6 is 0 Å². The van der Waals surface area contributed by atoms with Crippen molar-refractivity contribution in [3.8, 4) is 0 Å². The Morgan fingerprint density at radius 1 is 0.537 bits per heavy atom. The van der Waals surface area contributed by atoms with E-state index in [1.807, 2.05) is 72.8 Å². The van der Waals surface area contributed by atoms with Crippen LogP contribution < -0.4 is 37.2 Å². The average Bonchev–Trinajstić information content (AvgIpc) is 3.09. The molecule has 3 saturated heterocycles. The highest BCUT2D eigenvalue weighted by atomic mass is 16.2. The molecule has 3 N–H and O–H groups in total. The SMILES string of the molecule is CC(C)[B]c1ccc(C2CCC(=O)NC2=O)cc1.CC(C)[B]c1cccc(C2CCC(=O)NC2=O)c1.CC(C)[B]c1cccc(N2CCC(=O)NC2=O)c1. The minimum absolute atomic E-state index is 0.166. The fraction of sp³-hybridized carbons (Fsp3) is 0.415. The number of anilines is 1. The molecule has 3 heterocycles. The Bertz CT molecular complexity index is 1730. The number of imide groups is 3. The van der Waals surface area contributed by atoms with Crippen LogP contribution in [0.5, 0.6) is 0 Å². The minimum Gasteiger partial charge on any atom is -0.296 e. The summed E-state index contributed by atoms with van der Waals surface area (Å²) in [5.74, 6) is 0.174. The number of hydrogen-bond donors (Lipinski definition) is 3. The van der Waals surface area contributed by atoms with E-state index in [4.69, 9.17) is 0 Å². The quantitative estimate of drug-likeness (QED) is 0.225. The lowest BCUT2D eigenvalue weighted by molar-refractivity contribution is -0.135. The maximum absolute atomic E-state index is 11.8. The fourth-order valence-corrected chi connectivity index (χ4v) is 6.50. The molecule has 0 saturated carbocycles. The highest BCUT2D eigenvalue weighted by Crippen LogP contribution is 2.25. The van der Waals surface area contributed by atoms with Crippen molar-refractivity contribution in [2.75, 3.05) is 11.4 Å². The van der Waals surface area contributed by atoms with Crippen molar-refractivity contribution in [2.24, 2.45) is 0 Å². The summed E-state index contributed by atoms with van der Waals surface area (Å²) in [5, 5.41) is 7.11. The minimum atomic E-state index is -0.340. The van der Waals surface area contributed by atoms with Crippen molar-refractivity contribution >= 4 is 79.5 Å². The van der Waals surface area contributed by atoms with Gasteiger partial charge in [-0.1, -0.05) is 136 Å². The second kappa shape index (κ2) is 20.0. The zero-order valence-electron chi connectivity index (χ0n) is 32.2. The number of carbonyl (C=O) groups excluding carboxylic acids is 6. The Kier molecular flexibility index (Phi) is 15.5. The number of rotatable bonds is 9. The van der Waals surface area contributed by atoms with Gasteiger partial charge >= 0.3 is 6.03 Å². The zero-order valence-corrected chi connectivity index (χ0v) is 32.2. The van der Waals surface area contributed by atoms with E-state index in [9.17, 15) is 28.8 Å². The first-order chi connectivity index (χ1) is 25.7. The Morgan fingerprint density at radius 3 is 1.54 bits per heavy atom. The van der Waals surface area contributed by atoms with Crippen LogP contribution in [0.1, 0.15) is 96.6 Å². The summed E-state index contributed by atoms with van der Waals surface area (Å²) in [6.07, 6.45) is 2.42. The van der Waals surface area contributed by atoms with E-state index in [0.29, 0.717) is 56.1 Å². The van der Waals surface area contributed by atoms with Gasteiger partial charge in [-0.15, -0.1) is 0 Å². The van der Waals surface area contributed by atoms with Crippen LogP contribution in [0, 0.1) is 0 Å². The number of benzene rings is 3. The van der Waals surface area contributed by atoms with Crippen molar-refractivity contribution in [1.29, 1.82) is 0 Å². The van der Waals surface area contributed by atoms with Gasteiger partial charge in [0.05, 0.1) is 11.8 Å². The van der Waals surface area contributed by atoms with Gasteiger partial charge in [-0.3, -0.25) is 44.8 Å². The van der Waals surface area contributed by atoms with E-state index >= 15 is 0 Å². The van der Waals surface area contributed by atoms with Crippen LogP contribution in [-0.4, -0.2) is 64.0 Å². The van der Waals surface area contributed by atoms with Gasteiger partial charge in [-0.05, 0) is 36.1 Å². The van der Waals surface area contributed by atoms with Crippen LogP contribution in [0.15, 0.2) is 72.8 Å². The lowest BCUT2D eigenvalue weighted by Gasteiger charge is -2.27. The second-order valence-corrected chi connectivity index (χ2v) is 14.9. The van der Waals surface area contributed by atoms with Crippen LogP contribution in [0.2, 0.25) is 17.5 Å². The molecule has 0 bridgehead atoms.